The number of hydrogen-bond donors (Lipinski definition) is 1. The molecule has 2 unspecified atom stereocenters. The Balaban J connectivity index is 1.85. The summed E-state index contributed by atoms with van der Waals surface area (Å²) in [5.74, 6) is -0.774. The van der Waals surface area contributed by atoms with Gasteiger partial charge in [0, 0.05) is 31.2 Å². The number of hydrogen-bond acceptors (Lipinski definition) is 5. The summed E-state index contributed by atoms with van der Waals surface area (Å²) in [4.78, 5) is 27.9. The summed E-state index contributed by atoms with van der Waals surface area (Å²) in [5.41, 5.74) is 0.473. The van der Waals surface area contributed by atoms with E-state index in [2.05, 4.69) is 30.5 Å². The Morgan fingerprint density at radius 2 is 1.86 bits per heavy atom. The number of likely N-dealkylation sites (N-methyl/N-ethyl adjacent to an activating group) is 1. The molecule has 1 N–H and O–H groups in total. The monoisotopic (exact) mass is 389 g/mol. The summed E-state index contributed by atoms with van der Waals surface area (Å²) in [7, 11) is 2.07. The van der Waals surface area contributed by atoms with Gasteiger partial charge in [-0.2, -0.15) is 0 Å². The van der Waals surface area contributed by atoms with Crippen molar-refractivity contribution in [3.63, 3.8) is 0 Å². The second-order valence-electron chi connectivity index (χ2n) is 7.92. The molecule has 4 rings (SSSR count). The van der Waals surface area contributed by atoms with Gasteiger partial charge in [-0.25, -0.2) is 9.18 Å². The van der Waals surface area contributed by atoms with Crippen LogP contribution >= 0.6 is 0 Å². The smallest absolute Gasteiger partial charge is 0.449 e. The molecule has 0 radical (unpaired) electrons. The van der Waals surface area contributed by atoms with E-state index in [0.29, 0.717) is 24.3 Å². The average molecular weight is 389 g/mol. The van der Waals surface area contributed by atoms with Crippen molar-refractivity contribution in [1.82, 2.24) is 9.47 Å². The van der Waals surface area contributed by atoms with Crippen LogP contribution in [0, 0.1) is 5.82 Å². The Hall–Kier alpha value is -2.61. The Morgan fingerprint density at radius 1 is 1.21 bits per heavy atom. The maximum absolute atomic E-state index is 15.0. The first-order chi connectivity index (χ1) is 13.3. The molecule has 0 bridgehead atoms. The maximum atomic E-state index is 15.0. The van der Waals surface area contributed by atoms with Gasteiger partial charge >= 0.3 is 6.16 Å². The van der Waals surface area contributed by atoms with Crippen LogP contribution in [0.4, 0.5) is 14.9 Å². The molecular weight excluding hydrogens is 365 g/mol. The van der Waals surface area contributed by atoms with Gasteiger partial charge in [-0.15, -0.1) is 0 Å². The first kappa shape index (κ1) is 18.7. The number of carbonyl (C=O) groups is 1. The fourth-order valence-electron chi connectivity index (χ4n) is 4.00. The Labute approximate surface area is 161 Å². The number of aromatic nitrogens is 1. The van der Waals surface area contributed by atoms with E-state index in [-0.39, 0.29) is 29.3 Å². The highest BCUT2D eigenvalue weighted by molar-refractivity contribution is 5.85. The van der Waals surface area contributed by atoms with Crippen LogP contribution in [-0.4, -0.2) is 52.9 Å². The molecule has 2 aromatic rings. The largest absolute Gasteiger partial charge is 0.511 e. The van der Waals surface area contributed by atoms with Crippen LogP contribution in [0.15, 0.2) is 23.1 Å². The second kappa shape index (κ2) is 6.77. The van der Waals surface area contributed by atoms with Crippen molar-refractivity contribution in [2.75, 3.05) is 25.0 Å². The number of pyridine rings is 1. The first-order valence-corrected chi connectivity index (χ1v) is 9.52. The topological polar surface area (TPSA) is 75.0 Å². The zero-order valence-electron chi connectivity index (χ0n) is 16.2. The van der Waals surface area contributed by atoms with Crippen LogP contribution in [0.2, 0.25) is 0 Å². The van der Waals surface area contributed by atoms with Crippen LogP contribution in [-0.2, 0) is 0 Å². The summed E-state index contributed by atoms with van der Waals surface area (Å²) in [6.07, 6.45) is 1.74. The molecule has 2 fully saturated rings. The quantitative estimate of drug-likeness (QED) is 0.814. The zero-order valence-corrected chi connectivity index (χ0v) is 16.2. The Bertz CT molecular complexity index is 989. The number of nitrogens with zero attached hydrogens (tertiary/aromatic N) is 3. The lowest BCUT2D eigenvalue weighted by Crippen LogP contribution is -2.55. The van der Waals surface area contributed by atoms with Gasteiger partial charge in [0.1, 0.15) is 5.82 Å². The summed E-state index contributed by atoms with van der Waals surface area (Å²) in [6, 6.07) is 3.66. The van der Waals surface area contributed by atoms with Crippen molar-refractivity contribution >= 4 is 22.7 Å². The second-order valence-corrected chi connectivity index (χ2v) is 7.92. The standard InChI is InChI=1S/C20H24FN3O4/c1-11-8-23(9-12(2)22(11)3)17-7-16-14(6-15(17)21)19(25)18(28-20(26)27)10-24(16)13-4-5-13/h6-7,10-13H,4-5,8-9H2,1-3H3,(H,26,27). The molecule has 28 heavy (non-hydrogen) atoms. The number of halogens is 1. The molecule has 2 atom stereocenters. The fraction of sp³-hybridized carbons (Fsp3) is 0.500. The van der Waals surface area contributed by atoms with Gasteiger partial charge in [-0.1, -0.05) is 0 Å². The molecule has 1 aliphatic heterocycles. The lowest BCUT2D eigenvalue weighted by molar-refractivity contribution is 0.143. The van der Waals surface area contributed by atoms with E-state index in [9.17, 15) is 9.59 Å². The van der Waals surface area contributed by atoms with Crippen LogP contribution in [0.1, 0.15) is 32.7 Å². The predicted molar refractivity (Wildman–Crippen MR) is 104 cm³/mol. The minimum Gasteiger partial charge on any atom is -0.449 e. The molecule has 1 saturated carbocycles. The number of piperazine rings is 1. The fourth-order valence-corrected chi connectivity index (χ4v) is 4.00. The van der Waals surface area contributed by atoms with Gasteiger partial charge in [-0.3, -0.25) is 9.69 Å². The molecule has 2 aliphatic rings. The summed E-state index contributed by atoms with van der Waals surface area (Å²) in [5, 5.41) is 9.03. The van der Waals surface area contributed by atoms with Crippen LogP contribution in [0.3, 0.4) is 0 Å². The lowest BCUT2D eigenvalue weighted by Gasteiger charge is -2.43. The van der Waals surface area contributed by atoms with Crippen LogP contribution < -0.4 is 15.1 Å². The van der Waals surface area contributed by atoms with E-state index in [0.717, 1.165) is 12.8 Å². The highest BCUT2D eigenvalue weighted by Crippen LogP contribution is 2.39. The minimum atomic E-state index is -1.56. The number of carboxylic acid groups (broad SMARTS) is 1. The van der Waals surface area contributed by atoms with E-state index < -0.39 is 17.4 Å². The summed E-state index contributed by atoms with van der Waals surface area (Å²) >= 11 is 0. The van der Waals surface area contributed by atoms with Gasteiger partial charge < -0.3 is 19.3 Å². The summed E-state index contributed by atoms with van der Waals surface area (Å²) in [6.45, 7) is 5.60. The van der Waals surface area contributed by atoms with Gasteiger partial charge in [0.2, 0.25) is 5.43 Å². The van der Waals surface area contributed by atoms with Gasteiger partial charge in [0.05, 0.1) is 22.8 Å². The first-order valence-electron chi connectivity index (χ1n) is 9.52. The average Bonchev–Trinajstić information content (AvgIpc) is 3.46. The molecule has 150 valence electrons. The maximum Gasteiger partial charge on any atom is 0.511 e. The van der Waals surface area contributed by atoms with Crippen molar-refractivity contribution in [3.8, 4) is 5.75 Å². The van der Waals surface area contributed by atoms with E-state index in [4.69, 9.17) is 5.11 Å². The Morgan fingerprint density at radius 3 is 2.43 bits per heavy atom. The van der Waals surface area contributed by atoms with Crippen LogP contribution in [0.25, 0.3) is 10.9 Å². The molecule has 1 saturated heterocycles. The predicted octanol–water partition coefficient (Wildman–Crippen LogP) is 3.06. The normalized spacial score (nSPS) is 23.2. The van der Waals surface area contributed by atoms with Crippen molar-refractivity contribution in [2.45, 2.75) is 44.8 Å². The SMILES string of the molecule is CC1CN(c2cc3c(cc2F)c(=O)c(OC(=O)O)cn3C2CC2)CC(C)N1C. The van der Waals surface area contributed by atoms with E-state index >= 15 is 4.39 Å². The molecule has 7 nitrogen and oxygen atoms in total. The number of benzene rings is 1. The third kappa shape index (κ3) is 3.22. The lowest BCUT2D eigenvalue weighted by atomic mass is 10.1. The van der Waals surface area contributed by atoms with Crippen molar-refractivity contribution < 1.29 is 19.0 Å². The van der Waals surface area contributed by atoms with Crippen molar-refractivity contribution in [1.29, 1.82) is 0 Å². The minimum absolute atomic E-state index is 0.141. The molecule has 0 spiro atoms. The van der Waals surface area contributed by atoms with E-state index in [1.54, 1.807) is 6.07 Å². The highest BCUT2D eigenvalue weighted by Gasteiger charge is 2.30. The Kier molecular flexibility index (Phi) is 4.53. The molecule has 1 aliphatic carbocycles. The van der Waals surface area contributed by atoms with E-state index in [1.165, 1.54) is 12.3 Å². The van der Waals surface area contributed by atoms with Gasteiger partial charge in [0.25, 0.3) is 0 Å². The molecule has 2 heterocycles. The third-order valence-electron chi connectivity index (χ3n) is 5.91. The molecule has 1 aromatic carbocycles. The summed E-state index contributed by atoms with van der Waals surface area (Å²) < 4.78 is 21.5. The van der Waals surface area contributed by atoms with Gasteiger partial charge in [-0.05, 0) is 45.9 Å². The molecule has 0 amide bonds. The third-order valence-corrected chi connectivity index (χ3v) is 5.91. The zero-order chi connectivity index (χ0) is 20.2. The molecular formula is C20H24FN3O4. The van der Waals surface area contributed by atoms with Crippen LogP contribution in [0.5, 0.6) is 5.75 Å². The van der Waals surface area contributed by atoms with Crippen molar-refractivity contribution in [2.24, 2.45) is 0 Å². The highest BCUT2D eigenvalue weighted by atomic mass is 19.1. The number of anilines is 1. The molecule has 8 heteroatoms. The van der Waals surface area contributed by atoms with Crippen molar-refractivity contribution in [3.05, 3.63) is 34.4 Å². The van der Waals surface area contributed by atoms with Gasteiger partial charge in [0.15, 0.2) is 5.75 Å². The number of ether oxygens (including phenoxy) is 1. The number of fused-ring (bicyclic) bond motifs is 1. The molecule has 1 aromatic heterocycles. The van der Waals surface area contributed by atoms with E-state index in [1.807, 2.05) is 9.47 Å². The number of rotatable bonds is 3.